The zero-order valence-corrected chi connectivity index (χ0v) is 15.8. The Morgan fingerprint density at radius 1 is 1.22 bits per heavy atom. The average molecular weight is 388 g/mol. The minimum atomic E-state index is -0.290. The number of carbonyl (C=O) groups excluding carboxylic acids is 1. The Bertz CT molecular complexity index is 954. The van der Waals surface area contributed by atoms with Crippen LogP contribution >= 0.6 is 11.6 Å². The van der Waals surface area contributed by atoms with Crippen LogP contribution < -0.4 is 10.1 Å². The molecule has 140 valence electrons. The lowest BCUT2D eigenvalue weighted by Gasteiger charge is -2.09. The number of amides is 1. The van der Waals surface area contributed by atoms with Gasteiger partial charge in [-0.3, -0.25) is 9.48 Å². The summed E-state index contributed by atoms with van der Waals surface area (Å²) >= 11 is 5.82. The second kappa shape index (κ2) is 8.22. The van der Waals surface area contributed by atoms with Crippen LogP contribution in [0.15, 0.2) is 48.5 Å². The van der Waals surface area contributed by atoms with Gasteiger partial charge in [-0.05, 0) is 55.8 Å². The first-order valence-corrected chi connectivity index (χ1v) is 8.77. The first-order valence-electron chi connectivity index (χ1n) is 8.39. The fourth-order valence-corrected chi connectivity index (χ4v) is 2.82. The third kappa shape index (κ3) is 4.86. The van der Waals surface area contributed by atoms with Gasteiger partial charge in [-0.25, -0.2) is 4.39 Å². The quantitative estimate of drug-likeness (QED) is 0.683. The molecule has 2 aromatic carbocycles. The molecule has 0 saturated heterocycles. The van der Waals surface area contributed by atoms with Crippen molar-refractivity contribution in [3.05, 3.63) is 76.3 Å². The molecule has 0 bridgehead atoms. The lowest BCUT2D eigenvalue weighted by Crippen LogP contribution is -2.21. The highest BCUT2D eigenvalue weighted by molar-refractivity contribution is 6.30. The van der Waals surface area contributed by atoms with Crippen molar-refractivity contribution in [1.82, 2.24) is 9.78 Å². The van der Waals surface area contributed by atoms with E-state index in [1.54, 1.807) is 35.0 Å². The Labute approximate surface area is 161 Å². The number of halogens is 2. The zero-order valence-electron chi connectivity index (χ0n) is 15.0. The van der Waals surface area contributed by atoms with Crippen molar-refractivity contribution >= 4 is 23.2 Å². The maximum atomic E-state index is 13.4. The SMILES string of the molecule is Cc1nn(Cc2cccc(F)c2)c(C)c1NC(=O)COc1ccc(Cl)cc1. The molecule has 1 aromatic heterocycles. The van der Waals surface area contributed by atoms with Crippen LogP contribution in [0.1, 0.15) is 17.0 Å². The van der Waals surface area contributed by atoms with Gasteiger partial charge in [-0.2, -0.15) is 5.10 Å². The van der Waals surface area contributed by atoms with Crippen LogP contribution in [0.4, 0.5) is 10.1 Å². The molecule has 3 rings (SSSR count). The Morgan fingerprint density at radius 3 is 2.67 bits per heavy atom. The zero-order chi connectivity index (χ0) is 19.4. The fourth-order valence-electron chi connectivity index (χ4n) is 2.70. The monoisotopic (exact) mass is 387 g/mol. The molecule has 0 saturated carbocycles. The largest absolute Gasteiger partial charge is 0.484 e. The molecule has 0 aliphatic carbocycles. The third-order valence-corrected chi connectivity index (χ3v) is 4.30. The highest BCUT2D eigenvalue weighted by Gasteiger charge is 2.15. The number of nitrogens with zero attached hydrogens (tertiary/aromatic N) is 2. The molecule has 0 spiro atoms. The van der Waals surface area contributed by atoms with Gasteiger partial charge in [0.1, 0.15) is 11.6 Å². The van der Waals surface area contributed by atoms with Gasteiger partial charge in [0.25, 0.3) is 5.91 Å². The Morgan fingerprint density at radius 2 is 1.96 bits per heavy atom. The van der Waals surface area contributed by atoms with Gasteiger partial charge < -0.3 is 10.1 Å². The summed E-state index contributed by atoms with van der Waals surface area (Å²) in [5.41, 5.74) is 2.90. The molecule has 27 heavy (non-hydrogen) atoms. The smallest absolute Gasteiger partial charge is 0.262 e. The van der Waals surface area contributed by atoms with E-state index in [9.17, 15) is 9.18 Å². The lowest BCUT2D eigenvalue weighted by atomic mass is 10.2. The number of aryl methyl sites for hydroxylation is 1. The van der Waals surface area contributed by atoms with Crippen LogP contribution in [0, 0.1) is 19.7 Å². The van der Waals surface area contributed by atoms with E-state index < -0.39 is 0 Å². The van der Waals surface area contributed by atoms with Gasteiger partial charge >= 0.3 is 0 Å². The second-order valence-corrected chi connectivity index (χ2v) is 6.56. The van der Waals surface area contributed by atoms with E-state index in [1.807, 2.05) is 19.9 Å². The number of ether oxygens (including phenoxy) is 1. The van der Waals surface area contributed by atoms with Gasteiger partial charge in [-0.15, -0.1) is 0 Å². The number of rotatable bonds is 6. The maximum absolute atomic E-state index is 13.4. The Hall–Kier alpha value is -2.86. The molecule has 1 heterocycles. The summed E-state index contributed by atoms with van der Waals surface area (Å²) in [6.45, 7) is 3.96. The summed E-state index contributed by atoms with van der Waals surface area (Å²) in [4.78, 5) is 12.2. The van der Waals surface area contributed by atoms with Crippen molar-refractivity contribution in [3.8, 4) is 5.75 Å². The molecular weight excluding hydrogens is 369 g/mol. The molecule has 0 unspecified atom stereocenters. The van der Waals surface area contributed by atoms with E-state index in [0.717, 1.165) is 11.3 Å². The van der Waals surface area contributed by atoms with E-state index in [1.165, 1.54) is 12.1 Å². The standard InChI is InChI=1S/C20H19ClFN3O2/c1-13-20(23-19(26)12-27-18-8-6-16(21)7-9-18)14(2)25(24-13)11-15-4-3-5-17(22)10-15/h3-10H,11-12H2,1-2H3,(H,23,26). The molecule has 1 amide bonds. The van der Waals surface area contributed by atoms with Crippen LogP contribution in [0.25, 0.3) is 0 Å². The maximum Gasteiger partial charge on any atom is 0.262 e. The van der Waals surface area contributed by atoms with Gasteiger partial charge in [0, 0.05) is 5.02 Å². The van der Waals surface area contributed by atoms with Gasteiger partial charge in [0.05, 0.1) is 23.6 Å². The van der Waals surface area contributed by atoms with Gasteiger partial charge in [0.2, 0.25) is 0 Å². The van der Waals surface area contributed by atoms with Crippen molar-refractivity contribution in [2.45, 2.75) is 20.4 Å². The summed E-state index contributed by atoms with van der Waals surface area (Å²) in [6.07, 6.45) is 0. The summed E-state index contributed by atoms with van der Waals surface area (Å²) < 4.78 is 20.6. The van der Waals surface area contributed by atoms with E-state index in [0.29, 0.717) is 28.7 Å². The topological polar surface area (TPSA) is 56.2 Å². The van der Waals surface area contributed by atoms with Gasteiger partial charge in [0.15, 0.2) is 6.61 Å². The lowest BCUT2D eigenvalue weighted by molar-refractivity contribution is -0.118. The van der Waals surface area contributed by atoms with Crippen LogP contribution in [-0.2, 0) is 11.3 Å². The minimum absolute atomic E-state index is 0.129. The number of nitrogens with one attached hydrogen (secondary N) is 1. The molecule has 5 nitrogen and oxygen atoms in total. The van der Waals surface area contributed by atoms with Gasteiger partial charge in [-0.1, -0.05) is 23.7 Å². The summed E-state index contributed by atoms with van der Waals surface area (Å²) in [5.74, 6) is -0.0202. The first kappa shape index (κ1) is 18.9. The molecule has 0 aliphatic heterocycles. The summed E-state index contributed by atoms with van der Waals surface area (Å²) in [7, 11) is 0. The molecule has 0 fully saturated rings. The predicted octanol–water partition coefficient (Wildman–Crippen LogP) is 4.36. The summed E-state index contributed by atoms with van der Waals surface area (Å²) in [6, 6.07) is 13.1. The van der Waals surface area contributed by atoms with Crippen LogP contribution in [0.5, 0.6) is 5.75 Å². The minimum Gasteiger partial charge on any atom is -0.484 e. The van der Waals surface area contributed by atoms with Crippen molar-refractivity contribution in [2.24, 2.45) is 0 Å². The predicted molar refractivity (Wildman–Crippen MR) is 103 cm³/mol. The number of benzene rings is 2. The normalized spacial score (nSPS) is 10.7. The highest BCUT2D eigenvalue weighted by Crippen LogP contribution is 2.21. The summed E-state index contributed by atoms with van der Waals surface area (Å²) in [5, 5.41) is 7.87. The molecule has 0 atom stereocenters. The average Bonchev–Trinajstić information content (AvgIpc) is 2.89. The molecule has 0 radical (unpaired) electrons. The molecule has 1 N–H and O–H groups in total. The van der Waals surface area contributed by atoms with Crippen LogP contribution in [0.2, 0.25) is 5.02 Å². The van der Waals surface area contributed by atoms with E-state index in [-0.39, 0.29) is 18.3 Å². The molecule has 0 aliphatic rings. The van der Waals surface area contributed by atoms with Crippen molar-refractivity contribution in [1.29, 1.82) is 0 Å². The molecule has 3 aromatic rings. The second-order valence-electron chi connectivity index (χ2n) is 6.12. The number of hydrogen-bond donors (Lipinski definition) is 1. The van der Waals surface area contributed by atoms with E-state index in [4.69, 9.17) is 16.3 Å². The Balaban J connectivity index is 1.65. The van der Waals surface area contributed by atoms with Crippen molar-refractivity contribution in [3.63, 3.8) is 0 Å². The highest BCUT2D eigenvalue weighted by atomic mass is 35.5. The number of carbonyl (C=O) groups is 1. The molecular formula is C20H19ClFN3O2. The van der Waals surface area contributed by atoms with Crippen molar-refractivity contribution in [2.75, 3.05) is 11.9 Å². The van der Waals surface area contributed by atoms with E-state index in [2.05, 4.69) is 10.4 Å². The number of aromatic nitrogens is 2. The molecule has 7 heteroatoms. The fraction of sp³-hybridized carbons (Fsp3) is 0.200. The number of hydrogen-bond acceptors (Lipinski definition) is 3. The van der Waals surface area contributed by atoms with Crippen LogP contribution in [-0.4, -0.2) is 22.3 Å². The van der Waals surface area contributed by atoms with E-state index >= 15 is 0 Å². The third-order valence-electron chi connectivity index (χ3n) is 4.05. The Kier molecular flexibility index (Phi) is 5.76. The first-order chi connectivity index (χ1) is 12.9. The van der Waals surface area contributed by atoms with Crippen LogP contribution in [0.3, 0.4) is 0 Å². The number of anilines is 1. The van der Waals surface area contributed by atoms with Crippen molar-refractivity contribution < 1.29 is 13.9 Å².